The molecule has 25 heavy (non-hydrogen) atoms. The maximum absolute atomic E-state index is 13.0. The van der Waals surface area contributed by atoms with Gasteiger partial charge in [0.2, 0.25) is 5.91 Å². The topological polar surface area (TPSA) is 88.1 Å². The van der Waals surface area contributed by atoms with Gasteiger partial charge in [-0.1, -0.05) is 19.4 Å². The van der Waals surface area contributed by atoms with Crippen molar-refractivity contribution in [2.45, 2.75) is 38.8 Å². The Morgan fingerprint density at radius 3 is 2.80 bits per heavy atom. The number of nitrogens with zero attached hydrogens (tertiary/aromatic N) is 1. The summed E-state index contributed by atoms with van der Waals surface area (Å²) >= 11 is 0. The molecule has 2 amide bonds. The van der Waals surface area contributed by atoms with Crippen LogP contribution in [0.1, 0.15) is 42.1 Å². The van der Waals surface area contributed by atoms with Crippen molar-refractivity contribution < 1.29 is 24.3 Å². The summed E-state index contributed by atoms with van der Waals surface area (Å²) in [6.07, 6.45) is 2.61. The van der Waals surface area contributed by atoms with Crippen LogP contribution in [-0.4, -0.2) is 48.3 Å². The second kappa shape index (κ2) is 7.01. The Labute approximate surface area is 146 Å². The summed E-state index contributed by atoms with van der Waals surface area (Å²) in [6, 6.07) is 4.96. The van der Waals surface area contributed by atoms with Gasteiger partial charge in [-0.05, 0) is 25.0 Å². The highest BCUT2D eigenvalue weighted by molar-refractivity contribution is 5.94. The zero-order valence-electron chi connectivity index (χ0n) is 14.6. The average Bonchev–Trinajstić information content (AvgIpc) is 2.76. The van der Waals surface area contributed by atoms with Gasteiger partial charge in [0, 0.05) is 30.2 Å². The third kappa shape index (κ3) is 3.48. The highest BCUT2D eigenvalue weighted by atomic mass is 16.5. The van der Waals surface area contributed by atoms with Gasteiger partial charge < -0.3 is 14.4 Å². The number of hydrogen-bond acceptors (Lipinski definition) is 5. The number of methoxy groups -OCH3 is 1. The number of nitrogens with one attached hydrogen (secondary N) is 1. The van der Waals surface area contributed by atoms with Crippen LogP contribution in [0, 0.1) is 5.41 Å². The van der Waals surface area contributed by atoms with E-state index in [1.807, 2.05) is 11.8 Å². The minimum Gasteiger partial charge on any atom is -0.486 e. The Morgan fingerprint density at radius 2 is 2.20 bits per heavy atom. The summed E-state index contributed by atoms with van der Waals surface area (Å²) in [4.78, 5) is 26.4. The lowest BCUT2D eigenvalue weighted by molar-refractivity contribution is -0.147. The fourth-order valence-electron chi connectivity index (χ4n) is 3.46. The highest BCUT2D eigenvalue weighted by Crippen LogP contribution is 2.42. The van der Waals surface area contributed by atoms with Gasteiger partial charge in [-0.25, -0.2) is 5.48 Å². The molecule has 1 fully saturated rings. The Hall–Kier alpha value is -2.12. The predicted octanol–water partition coefficient (Wildman–Crippen LogP) is 1.73. The highest BCUT2D eigenvalue weighted by Gasteiger charge is 2.43. The predicted molar refractivity (Wildman–Crippen MR) is 89.4 cm³/mol. The van der Waals surface area contributed by atoms with Crippen LogP contribution in [0.3, 0.4) is 0 Å². The van der Waals surface area contributed by atoms with Gasteiger partial charge in [-0.3, -0.25) is 14.8 Å². The molecule has 2 aliphatic rings. The second-order valence-corrected chi connectivity index (χ2v) is 7.06. The van der Waals surface area contributed by atoms with Crippen LogP contribution in [0.15, 0.2) is 18.2 Å². The van der Waals surface area contributed by atoms with Gasteiger partial charge in [0.05, 0.1) is 13.2 Å². The van der Waals surface area contributed by atoms with Crippen LogP contribution in [-0.2, 0) is 16.1 Å². The number of rotatable bonds is 4. The molecule has 1 aliphatic carbocycles. The van der Waals surface area contributed by atoms with E-state index in [4.69, 9.17) is 14.7 Å². The Morgan fingerprint density at radius 1 is 1.44 bits per heavy atom. The first-order valence-electron chi connectivity index (χ1n) is 8.49. The zero-order chi connectivity index (χ0) is 18.0. The molecule has 0 saturated heterocycles. The molecule has 1 aromatic rings. The number of benzene rings is 1. The van der Waals surface area contributed by atoms with E-state index < -0.39 is 5.91 Å². The van der Waals surface area contributed by atoms with E-state index in [9.17, 15) is 9.59 Å². The maximum Gasteiger partial charge on any atom is 0.274 e. The molecule has 1 heterocycles. The van der Waals surface area contributed by atoms with Crippen LogP contribution in [0.2, 0.25) is 0 Å². The van der Waals surface area contributed by atoms with Gasteiger partial charge in [0.1, 0.15) is 11.9 Å². The monoisotopic (exact) mass is 348 g/mol. The molecule has 7 nitrogen and oxygen atoms in total. The lowest BCUT2D eigenvalue weighted by Gasteiger charge is -2.40. The Bertz CT molecular complexity index is 671. The smallest absolute Gasteiger partial charge is 0.274 e. The quantitative estimate of drug-likeness (QED) is 0.639. The molecule has 1 saturated carbocycles. The third-order valence-electron chi connectivity index (χ3n) is 5.12. The first kappa shape index (κ1) is 17.7. The van der Waals surface area contributed by atoms with Crippen LogP contribution in [0.25, 0.3) is 0 Å². The van der Waals surface area contributed by atoms with E-state index in [-0.39, 0.29) is 17.4 Å². The number of ether oxygens (including phenoxy) is 2. The van der Waals surface area contributed by atoms with Crippen molar-refractivity contribution in [2.75, 3.05) is 20.3 Å². The van der Waals surface area contributed by atoms with Crippen molar-refractivity contribution >= 4 is 11.8 Å². The third-order valence-corrected chi connectivity index (χ3v) is 5.12. The molecular weight excluding hydrogens is 324 g/mol. The molecule has 1 unspecified atom stereocenters. The van der Waals surface area contributed by atoms with E-state index >= 15 is 0 Å². The largest absolute Gasteiger partial charge is 0.486 e. The number of hydroxylamine groups is 1. The summed E-state index contributed by atoms with van der Waals surface area (Å²) in [7, 11) is 1.59. The molecular formula is C18H24N2O5. The first-order chi connectivity index (χ1) is 12.0. The molecule has 0 spiro atoms. The zero-order valence-corrected chi connectivity index (χ0v) is 14.6. The molecule has 1 aliphatic heterocycles. The van der Waals surface area contributed by atoms with Crippen LogP contribution < -0.4 is 10.2 Å². The number of carbonyl (C=O) groups is 2. The van der Waals surface area contributed by atoms with E-state index in [1.54, 1.807) is 30.8 Å². The lowest BCUT2D eigenvalue weighted by Crippen LogP contribution is -2.48. The second-order valence-electron chi connectivity index (χ2n) is 7.06. The van der Waals surface area contributed by atoms with Gasteiger partial charge >= 0.3 is 0 Å². The lowest BCUT2D eigenvalue weighted by atomic mass is 9.69. The van der Waals surface area contributed by atoms with E-state index in [1.165, 1.54) is 0 Å². The maximum atomic E-state index is 13.0. The van der Waals surface area contributed by atoms with Crippen molar-refractivity contribution in [3.63, 3.8) is 0 Å². The summed E-state index contributed by atoms with van der Waals surface area (Å²) in [5, 5.41) is 8.81. The van der Waals surface area contributed by atoms with Crippen molar-refractivity contribution in [3.8, 4) is 5.75 Å². The van der Waals surface area contributed by atoms with E-state index in [0.717, 1.165) is 24.8 Å². The van der Waals surface area contributed by atoms with Crippen molar-refractivity contribution in [3.05, 3.63) is 29.3 Å². The minimum absolute atomic E-state index is 0.147. The Balaban J connectivity index is 1.89. The summed E-state index contributed by atoms with van der Waals surface area (Å²) in [5.74, 6) is 0.0829. The SMILES string of the molecule is COCC1CN(C(=O)C2(C)CCC2)Cc2ccc(C(=O)NO)cc2O1. The summed E-state index contributed by atoms with van der Waals surface area (Å²) in [5.41, 5.74) is 2.47. The average molecular weight is 348 g/mol. The van der Waals surface area contributed by atoms with Gasteiger partial charge in [-0.15, -0.1) is 0 Å². The fraction of sp³-hybridized carbons (Fsp3) is 0.556. The van der Waals surface area contributed by atoms with Crippen LogP contribution in [0.4, 0.5) is 0 Å². The van der Waals surface area contributed by atoms with Crippen LogP contribution >= 0.6 is 0 Å². The standard InChI is InChI=1S/C18H24N2O5/c1-18(6-3-7-18)17(22)20-9-13-5-4-12(16(21)19-23)8-15(13)25-14(10-20)11-24-2/h4-5,8,14,23H,3,6-7,9-11H2,1-2H3,(H,19,21). The molecule has 1 aromatic carbocycles. The number of hydrogen-bond donors (Lipinski definition) is 2. The molecule has 1 atom stereocenters. The summed E-state index contributed by atoms with van der Waals surface area (Å²) < 4.78 is 11.2. The molecule has 136 valence electrons. The molecule has 0 aromatic heterocycles. The Kier molecular flexibility index (Phi) is 4.96. The van der Waals surface area contributed by atoms with Crippen LogP contribution in [0.5, 0.6) is 5.75 Å². The molecule has 3 rings (SSSR count). The van der Waals surface area contributed by atoms with Gasteiger partial charge in [0.25, 0.3) is 5.91 Å². The normalized spacial score (nSPS) is 21.4. The fourth-order valence-corrected chi connectivity index (χ4v) is 3.46. The minimum atomic E-state index is -0.603. The van der Waals surface area contributed by atoms with E-state index in [2.05, 4.69) is 0 Å². The summed E-state index contributed by atoms with van der Waals surface area (Å²) in [6.45, 7) is 3.24. The number of carbonyl (C=O) groups excluding carboxylic acids is 2. The van der Waals surface area contributed by atoms with Crippen molar-refractivity contribution in [1.29, 1.82) is 0 Å². The number of amides is 2. The van der Waals surface area contributed by atoms with Crippen molar-refractivity contribution in [2.24, 2.45) is 5.41 Å². The van der Waals surface area contributed by atoms with Gasteiger partial charge in [-0.2, -0.15) is 0 Å². The number of fused-ring (bicyclic) bond motifs is 1. The molecule has 2 N–H and O–H groups in total. The van der Waals surface area contributed by atoms with Crippen molar-refractivity contribution in [1.82, 2.24) is 10.4 Å². The van der Waals surface area contributed by atoms with E-state index in [0.29, 0.717) is 31.0 Å². The molecule has 0 radical (unpaired) electrons. The first-order valence-corrected chi connectivity index (χ1v) is 8.49. The molecule has 7 heteroatoms. The van der Waals surface area contributed by atoms with Gasteiger partial charge in [0.15, 0.2) is 0 Å². The molecule has 0 bridgehead atoms.